The summed E-state index contributed by atoms with van der Waals surface area (Å²) in [4.78, 5) is 6.52. The number of nitrogens with zero attached hydrogens (tertiary/aromatic N) is 2. The van der Waals surface area contributed by atoms with Crippen molar-refractivity contribution in [3.8, 4) is 0 Å². The fourth-order valence-corrected chi connectivity index (χ4v) is 2.19. The molecule has 0 aromatic heterocycles. The second kappa shape index (κ2) is 7.34. The molecule has 0 aliphatic rings. The highest BCUT2D eigenvalue weighted by Crippen LogP contribution is 2.25. The monoisotopic (exact) mass is 330 g/mol. The molecule has 0 spiro atoms. The van der Waals surface area contributed by atoms with E-state index in [0.29, 0.717) is 22.5 Å². The lowest BCUT2D eigenvalue weighted by Crippen LogP contribution is -2.43. The third-order valence-corrected chi connectivity index (χ3v) is 4.20. The Morgan fingerprint density at radius 3 is 2.52 bits per heavy atom. The molecule has 1 unspecified atom stereocenters. The Labute approximate surface area is 137 Å². The third kappa shape index (κ3) is 5.38. The van der Waals surface area contributed by atoms with Crippen molar-refractivity contribution >= 4 is 29.2 Å². The van der Waals surface area contributed by atoms with Crippen LogP contribution in [0.5, 0.6) is 0 Å². The summed E-state index contributed by atoms with van der Waals surface area (Å²) in [5, 5.41) is 4.38. The molecule has 0 fully saturated rings. The highest BCUT2D eigenvalue weighted by molar-refractivity contribution is 6.35. The van der Waals surface area contributed by atoms with Gasteiger partial charge in [-0.3, -0.25) is 4.99 Å². The molecule has 0 aliphatic heterocycles. The number of nitrogens with two attached hydrogens (primary N) is 1. The van der Waals surface area contributed by atoms with E-state index in [-0.39, 0.29) is 11.6 Å². The van der Waals surface area contributed by atoms with Crippen LogP contribution in [0.15, 0.2) is 23.2 Å². The minimum absolute atomic E-state index is 0.0408. The number of benzene rings is 1. The molecule has 0 amide bonds. The predicted octanol–water partition coefficient (Wildman–Crippen LogP) is 3.30. The number of rotatable bonds is 5. The fourth-order valence-electron chi connectivity index (χ4n) is 1.62. The maximum atomic E-state index is 6.19. The molecule has 1 atom stereocenters. The van der Waals surface area contributed by atoms with Crippen LogP contribution in [0.3, 0.4) is 0 Å². The number of hydrogen-bond donors (Lipinski definition) is 2. The van der Waals surface area contributed by atoms with Crippen molar-refractivity contribution in [1.29, 1.82) is 0 Å². The van der Waals surface area contributed by atoms with Crippen molar-refractivity contribution < 1.29 is 0 Å². The molecule has 21 heavy (non-hydrogen) atoms. The predicted molar refractivity (Wildman–Crippen MR) is 92.3 cm³/mol. The van der Waals surface area contributed by atoms with Crippen molar-refractivity contribution in [2.75, 3.05) is 20.6 Å². The molecule has 0 saturated carbocycles. The Morgan fingerprint density at radius 1 is 1.38 bits per heavy atom. The molecule has 1 aromatic rings. The molecule has 3 N–H and O–H groups in total. The zero-order valence-corrected chi connectivity index (χ0v) is 14.8. The van der Waals surface area contributed by atoms with Crippen LogP contribution in [0.4, 0.5) is 0 Å². The number of nitrogens with one attached hydrogen (secondary N) is 1. The van der Waals surface area contributed by atoms with Crippen LogP contribution in [0, 0.1) is 0 Å². The first kappa shape index (κ1) is 18.1. The SMILES string of the molecule is CC(NC(N)=NCC(C)(C)N(C)C)c1ccc(Cl)cc1Cl. The molecule has 118 valence electrons. The van der Waals surface area contributed by atoms with Crippen LogP contribution < -0.4 is 11.1 Å². The van der Waals surface area contributed by atoms with Gasteiger partial charge in [0.1, 0.15) is 0 Å². The van der Waals surface area contributed by atoms with E-state index in [0.717, 1.165) is 5.56 Å². The molecule has 1 rings (SSSR count). The van der Waals surface area contributed by atoms with Crippen LogP contribution in [-0.4, -0.2) is 37.0 Å². The lowest BCUT2D eigenvalue weighted by atomic mass is 10.1. The van der Waals surface area contributed by atoms with Gasteiger partial charge in [0.25, 0.3) is 0 Å². The summed E-state index contributed by atoms with van der Waals surface area (Å²) in [5.74, 6) is 0.406. The second-order valence-corrected chi connectivity index (χ2v) is 6.78. The molecule has 0 aliphatic carbocycles. The first-order chi connectivity index (χ1) is 9.63. The summed E-state index contributed by atoms with van der Waals surface area (Å²) in [6.45, 7) is 6.82. The summed E-state index contributed by atoms with van der Waals surface area (Å²) in [7, 11) is 4.05. The highest BCUT2D eigenvalue weighted by atomic mass is 35.5. The molecular formula is C15H24Cl2N4. The van der Waals surface area contributed by atoms with Gasteiger partial charge in [0.05, 0.1) is 12.6 Å². The largest absolute Gasteiger partial charge is 0.370 e. The standard InChI is InChI=1S/C15H24Cl2N4/c1-10(12-7-6-11(16)8-13(12)17)20-14(18)19-9-15(2,3)21(4)5/h6-8,10H,9H2,1-5H3,(H3,18,19,20). The van der Waals surface area contributed by atoms with Gasteiger partial charge in [0.2, 0.25) is 0 Å². The van der Waals surface area contributed by atoms with Crippen LogP contribution in [-0.2, 0) is 0 Å². The Bertz CT molecular complexity index is 512. The number of hydrogen-bond acceptors (Lipinski definition) is 2. The molecule has 0 bridgehead atoms. The van der Waals surface area contributed by atoms with Gasteiger partial charge in [-0.15, -0.1) is 0 Å². The highest BCUT2D eigenvalue weighted by Gasteiger charge is 2.20. The van der Waals surface area contributed by atoms with Crippen LogP contribution in [0.1, 0.15) is 32.4 Å². The molecule has 0 radical (unpaired) electrons. The van der Waals surface area contributed by atoms with Gasteiger partial charge in [0, 0.05) is 15.6 Å². The van der Waals surface area contributed by atoms with Crippen LogP contribution >= 0.6 is 23.2 Å². The van der Waals surface area contributed by atoms with Gasteiger partial charge in [-0.1, -0.05) is 29.3 Å². The lowest BCUT2D eigenvalue weighted by molar-refractivity contribution is 0.205. The molecule has 4 nitrogen and oxygen atoms in total. The van der Waals surface area contributed by atoms with Crippen molar-refractivity contribution in [3.05, 3.63) is 33.8 Å². The first-order valence-electron chi connectivity index (χ1n) is 6.82. The van der Waals surface area contributed by atoms with E-state index < -0.39 is 0 Å². The smallest absolute Gasteiger partial charge is 0.189 e. The van der Waals surface area contributed by atoms with E-state index in [1.807, 2.05) is 33.2 Å². The summed E-state index contributed by atoms with van der Waals surface area (Å²) >= 11 is 12.1. The minimum Gasteiger partial charge on any atom is -0.370 e. The summed E-state index contributed by atoms with van der Waals surface area (Å²) in [6.07, 6.45) is 0. The molecule has 0 saturated heterocycles. The lowest BCUT2D eigenvalue weighted by Gasteiger charge is -2.31. The average molecular weight is 331 g/mol. The second-order valence-electron chi connectivity index (χ2n) is 5.94. The van der Waals surface area contributed by atoms with E-state index in [1.54, 1.807) is 6.07 Å². The van der Waals surface area contributed by atoms with Crippen molar-refractivity contribution in [3.63, 3.8) is 0 Å². The van der Waals surface area contributed by atoms with E-state index in [1.165, 1.54) is 0 Å². The van der Waals surface area contributed by atoms with Crippen molar-refractivity contribution in [2.24, 2.45) is 10.7 Å². The zero-order chi connectivity index (χ0) is 16.2. The average Bonchev–Trinajstić information content (AvgIpc) is 2.36. The maximum Gasteiger partial charge on any atom is 0.189 e. The first-order valence-corrected chi connectivity index (χ1v) is 7.58. The Morgan fingerprint density at radius 2 is 2.00 bits per heavy atom. The van der Waals surface area contributed by atoms with Crippen LogP contribution in [0.2, 0.25) is 10.0 Å². The third-order valence-electron chi connectivity index (χ3n) is 3.64. The van der Waals surface area contributed by atoms with Crippen molar-refractivity contribution in [1.82, 2.24) is 10.2 Å². The number of guanidine groups is 1. The van der Waals surface area contributed by atoms with Gasteiger partial charge in [-0.05, 0) is 52.6 Å². The maximum absolute atomic E-state index is 6.19. The van der Waals surface area contributed by atoms with Gasteiger partial charge >= 0.3 is 0 Å². The summed E-state index contributed by atoms with van der Waals surface area (Å²) in [6, 6.07) is 5.38. The van der Waals surface area contributed by atoms with Gasteiger partial charge in [0.15, 0.2) is 5.96 Å². The topological polar surface area (TPSA) is 53.6 Å². The molecular weight excluding hydrogens is 307 g/mol. The summed E-state index contributed by atoms with van der Waals surface area (Å²) < 4.78 is 0. The van der Waals surface area contributed by atoms with Gasteiger partial charge in [-0.2, -0.15) is 0 Å². The van der Waals surface area contributed by atoms with Crippen molar-refractivity contribution in [2.45, 2.75) is 32.4 Å². The van der Waals surface area contributed by atoms with Gasteiger partial charge in [-0.25, -0.2) is 0 Å². The van der Waals surface area contributed by atoms with E-state index in [9.17, 15) is 0 Å². The minimum atomic E-state index is -0.0482. The molecule has 6 heteroatoms. The van der Waals surface area contributed by atoms with Gasteiger partial charge < -0.3 is 16.0 Å². The van der Waals surface area contributed by atoms with E-state index >= 15 is 0 Å². The number of aliphatic imine (C=N–C) groups is 1. The van der Waals surface area contributed by atoms with Crippen LogP contribution in [0.25, 0.3) is 0 Å². The molecule has 1 aromatic carbocycles. The quantitative estimate of drug-likeness (QED) is 0.643. The van der Waals surface area contributed by atoms with E-state index in [2.05, 4.69) is 29.1 Å². The number of halogens is 2. The summed E-state index contributed by atoms with van der Waals surface area (Å²) in [5.41, 5.74) is 6.84. The molecule has 0 heterocycles. The normalized spacial score (nSPS) is 14.4. The Hall–Kier alpha value is -0.970. The Balaban J connectivity index is 2.71. The van der Waals surface area contributed by atoms with E-state index in [4.69, 9.17) is 28.9 Å². The zero-order valence-electron chi connectivity index (χ0n) is 13.2. The fraction of sp³-hybridized carbons (Fsp3) is 0.533. The number of likely N-dealkylation sites (N-methyl/N-ethyl adjacent to an activating group) is 1. The Kier molecular flexibility index (Phi) is 6.32.